The van der Waals surface area contributed by atoms with Crippen LogP contribution in [0.3, 0.4) is 0 Å². The second-order valence-corrected chi connectivity index (χ2v) is 6.64. The zero-order chi connectivity index (χ0) is 18.8. The maximum atomic E-state index is 12.4. The van der Waals surface area contributed by atoms with Gasteiger partial charge in [-0.05, 0) is 70.7 Å². The van der Waals surface area contributed by atoms with E-state index in [2.05, 4.69) is 16.7 Å². The van der Waals surface area contributed by atoms with E-state index in [1.807, 2.05) is 19.9 Å². The van der Waals surface area contributed by atoms with Gasteiger partial charge in [-0.2, -0.15) is 0 Å². The Kier molecular flexibility index (Phi) is 8.35. The Morgan fingerprint density at radius 2 is 1.96 bits per heavy atom. The zero-order valence-corrected chi connectivity index (χ0v) is 16.0. The minimum absolute atomic E-state index is 0.00928. The summed E-state index contributed by atoms with van der Waals surface area (Å²) in [5.41, 5.74) is 2.76. The van der Waals surface area contributed by atoms with Crippen LogP contribution >= 0.6 is 0 Å². The molecule has 0 radical (unpaired) electrons. The summed E-state index contributed by atoms with van der Waals surface area (Å²) in [6.45, 7) is 6.36. The van der Waals surface area contributed by atoms with Gasteiger partial charge in [0.15, 0.2) is 0 Å². The summed E-state index contributed by atoms with van der Waals surface area (Å²) in [5, 5.41) is 6.06. The van der Waals surface area contributed by atoms with Crippen LogP contribution in [0.2, 0.25) is 0 Å². The molecule has 0 aromatic heterocycles. The fourth-order valence-corrected chi connectivity index (χ4v) is 3.21. The van der Waals surface area contributed by atoms with E-state index in [0.29, 0.717) is 24.3 Å². The standard InChI is InChI=1S/C21H31N3O2/c1-3-24(4-2)21(26)18-11-8-12-19(15-18)23-20(25)16-22-14-13-17-9-6-5-7-10-17/h8-9,11-12,15,22H,3-7,10,13-14,16H2,1-2H3,(H,23,25). The second kappa shape index (κ2) is 10.8. The third-order valence-corrected chi connectivity index (χ3v) is 4.74. The minimum Gasteiger partial charge on any atom is -0.339 e. The molecule has 2 amide bonds. The number of carbonyl (C=O) groups is 2. The fraction of sp³-hybridized carbons (Fsp3) is 0.524. The van der Waals surface area contributed by atoms with Crippen molar-refractivity contribution in [2.24, 2.45) is 0 Å². The average molecular weight is 357 g/mol. The molecule has 1 aromatic rings. The van der Waals surface area contributed by atoms with Gasteiger partial charge < -0.3 is 15.5 Å². The van der Waals surface area contributed by atoms with E-state index in [9.17, 15) is 9.59 Å². The lowest BCUT2D eigenvalue weighted by molar-refractivity contribution is -0.115. The predicted molar refractivity (Wildman–Crippen MR) is 106 cm³/mol. The van der Waals surface area contributed by atoms with Crippen molar-refractivity contribution in [3.8, 4) is 0 Å². The highest BCUT2D eigenvalue weighted by Gasteiger charge is 2.13. The van der Waals surface area contributed by atoms with Crippen molar-refractivity contribution < 1.29 is 9.59 Å². The van der Waals surface area contributed by atoms with Gasteiger partial charge in [-0.1, -0.05) is 17.7 Å². The molecule has 142 valence electrons. The molecule has 0 fully saturated rings. The Hall–Kier alpha value is -2.14. The molecule has 0 saturated carbocycles. The summed E-state index contributed by atoms with van der Waals surface area (Å²) in [7, 11) is 0. The lowest BCUT2D eigenvalue weighted by atomic mass is 9.97. The Morgan fingerprint density at radius 1 is 1.15 bits per heavy atom. The van der Waals surface area contributed by atoms with Gasteiger partial charge >= 0.3 is 0 Å². The van der Waals surface area contributed by atoms with Gasteiger partial charge in [0, 0.05) is 24.3 Å². The second-order valence-electron chi connectivity index (χ2n) is 6.64. The number of amides is 2. The normalized spacial score (nSPS) is 13.8. The number of hydrogen-bond donors (Lipinski definition) is 2. The van der Waals surface area contributed by atoms with E-state index in [1.165, 1.54) is 31.3 Å². The highest BCUT2D eigenvalue weighted by Crippen LogP contribution is 2.19. The van der Waals surface area contributed by atoms with Crippen molar-refractivity contribution in [2.45, 2.75) is 46.0 Å². The van der Waals surface area contributed by atoms with Gasteiger partial charge in [-0.3, -0.25) is 9.59 Å². The van der Waals surface area contributed by atoms with Crippen LogP contribution in [0.25, 0.3) is 0 Å². The van der Waals surface area contributed by atoms with Crippen LogP contribution in [-0.4, -0.2) is 42.9 Å². The lowest BCUT2D eigenvalue weighted by Crippen LogP contribution is -2.31. The average Bonchev–Trinajstić information content (AvgIpc) is 2.67. The summed E-state index contributed by atoms with van der Waals surface area (Å²) in [5.74, 6) is -0.0972. The molecule has 0 bridgehead atoms. The topological polar surface area (TPSA) is 61.4 Å². The van der Waals surface area contributed by atoms with Crippen LogP contribution in [0.4, 0.5) is 5.69 Å². The Labute approximate surface area is 156 Å². The molecule has 0 aliphatic heterocycles. The third kappa shape index (κ3) is 6.30. The van der Waals surface area contributed by atoms with Gasteiger partial charge in [0.25, 0.3) is 5.91 Å². The first-order chi connectivity index (χ1) is 12.6. The van der Waals surface area contributed by atoms with Crippen molar-refractivity contribution >= 4 is 17.5 Å². The van der Waals surface area contributed by atoms with Crippen molar-refractivity contribution in [2.75, 3.05) is 31.5 Å². The molecule has 0 unspecified atom stereocenters. The van der Waals surface area contributed by atoms with E-state index < -0.39 is 0 Å². The SMILES string of the molecule is CCN(CC)C(=O)c1cccc(NC(=O)CNCCC2=CCCCC2)c1. The maximum Gasteiger partial charge on any atom is 0.253 e. The molecule has 0 heterocycles. The van der Waals surface area contributed by atoms with Crippen LogP contribution in [0.15, 0.2) is 35.9 Å². The molecule has 1 aliphatic rings. The largest absolute Gasteiger partial charge is 0.339 e. The summed E-state index contributed by atoms with van der Waals surface area (Å²) in [6.07, 6.45) is 8.33. The molecule has 0 atom stereocenters. The molecular formula is C21H31N3O2. The third-order valence-electron chi connectivity index (χ3n) is 4.74. The molecule has 1 aromatic carbocycles. The number of allylic oxidation sites excluding steroid dienone is 1. The van der Waals surface area contributed by atoms with Crippen LogP contribution < -0.4 is 10.6 Å². The highest BCUT2D eigenvalue weighted by atomic mass is 16.2. The van der Waals surface area contributed by atoms with Gasteiger partial charge in [-0.25, -0.2) is 0 Å². The van der Waals surface area contributed by atoms with Gasteiger partial charge in [-0.15, -0.1) is 0 Å². The Bertz CT molecular complexity index is 636. The van der Waals surface area contributed by atoms with Crippen molar-refractivity contribution in [1.29, 1.82) is 0 Å². The summed E-state index contributed by atoms with van der Waals surface area (Å²) in [6, 6.07) is 7.14. The molecule has 26 heavy (non-hydrogen) atoms. The van der Waals surface area contributed by atoms with E-state index >= 15 is 0 Å². The predicted octanol–water partition coefficient (Wildman–Crippen LogP) is 3.59. The first-order valence-corrected chi connectivity index (χ1v) is 9.71. The molecule has 0 saturated heterocycles. The van der Waals surface area contributed by atoms with E-state index in [1.54, 1.807) is 23.1 Å². The molecule has 5 nitrogen and oxygen atoms in total. The monoisotopic (exact) mass is 357 g/mol. The summed E-state index contributed by atoms with van der Waals surface area (Å²) in [4.78, 5) is 26.3. The van der Waals surface area contributed by atoms with Crippen molar-refractivity contribution in [3.05, 3.63) is 41.5 Å². The first-order valence-electron chi connectivity index (χ1n) is 9.71. The van der Waals surface area contributed by atoms with Crippen LogP contribution in [0.5, 0.6) is 0 Å². The number of anilines is 1. The number of nitrogens with zero attached hydrogens (tertiary/aromatic N) is 1. The molecule has 0 spiro atoms. The smallest absolute Gasteiger partial charge is 0.253 e. The Balaban J connectivity index is 1.78. The van der Waals surface area contributed by atoms with Crippen LogP contribution in [0.1, 0.15) is 56.3 Å². The molecule has 5 heteroatoms. The Morgan fingerprint density at radius 3 is 2.65 bits per heavy atom. The van der Waals surface area contributed by atoms with E-state index in [0.717, 1.165) is 13.0 Å². The summed E-state index contributed by atoms with van der Waals surface area (Å²) < 4.78 is 0. The van der Waals surface area contributed by atoms with Crippen molar-refractivity contribution in [1.82, 2.24) is 10.2 Å². The van der Waals surface area contributed by atoms with Gasteiger partial charge in [0.05, 0.1) is 6.54 Å². The highest BCUT2D eigenvalue weighted by molar-refractivity contribution is 5.97. The first kappa shape index (κ1) is 20.2. The van der Waals surface area contributed by atoms with E-state index in [-0.39, 0.29) is 18.4 Å². The summed E-state index contributed by atoms with van der Waals surface area (Å²) >= 11 is 0. The number of hydrogen-bond acceptors (Lipinski definition) is 3. The number of carbonyl (C=O) groups excluding carboxylic acids is 2. The number of nitrogens with one attached hydrogen (secondary N) is 2. The fourth-order valence-electron chi connectivity index (χ4n) is 3.21. The molecule has 1 aliphatic carbocycles. The number of rotatable bonds is 9. The van der Waals surface area contributed by atoms with Crippen LogP contribution in [-0.2, 0) is 4.79 Å². The molecule has 2 N–H and O–H groups in total. The number of benzene rings is 1. The zero-order valence-electron chi connectivity index (χ0n) is 16.0. The maximum absolute atomic E-state index is 12.4. The van der Waals surface area contributed by atoms with Gasteiger partial charge in [0.2, 0.25) is 5.91 Å². The van der Waals surface area contributed by atoms with Crippen LogP contribution in [0, 0.1) is 0 Å². The lowest BCUT2D eigenvalue weighted by Gasteiger charge is -2.19. The minimum atomic E-state index is -0.0879. The van der Waals surface area contributed by atoms with Crippen molar-refractivity contribution in [3.63, 3.8) is 0 Å². The van der Waals surface area contributed by atoms with E-state index in [4.69, 9.17) is 0 Å². The molecular weight excluding hydrogens is 326 g/mol. The molecule has 2 rings (SSSR count). The quantitative estimate of drug-likeness (QED) is 0.524. The van der Waals surface area contributed by atoms with Gasteiger partial charge in [0.1, 0.15) is 0 Å².